The standard InChI is InChI=1S/C6H8NO2/c1-2-5-3-6(8)7(9)4-5/h2,5H,1,3-4H2/q-1. The lowest BCUT2D eigenvalue weighted by atomic mass is 10.1. The van der Waals surface area contributed by atoms with Gasteiger partial charge < -0.3 is 10.3 Å². The third kappa shape index (κ3) is 1.10. The zero-order chi connectivity index (χ0) is 6.85. The Morgan fingerprint density at radius 1 is 1.89 bits per heavy atom. The molecule has 0 spiro atoms. The van der Waals surface area contributed by atoms with E-state index in [0.29, 0.717) is 18.0 Å². The van der Waals surface area contributed by atoms with Gasteiger partial charge in [-0.2, -0.15) is 0 Å². The van der Waals surface area contributed by atoms with E-state index < -0.39 is 0 Å². The van der Waals surface area contributed by atoms with Crippen molar-refractivity contribution >= 4 is 5.91 Å². The van der Waals surface area contributed by atoms with E-state index in [1.165, 1.54) is 0 Å². The summed E-state index contributed by atoms with van der Waals surface area (Å²) in [6.07, 6.45) is 1.99. The fourth-order valence-electron chi connectivity index (χ4n) is 0.863. The molecule has 1 aliphatic heterocycles. The van der Waals surface area contributed by atoms with Crippen molar-refractivity contribution in [2.24, 2.45) is 5.92 Å². The highest BCUT2D eigenvalue weighted by Gasteiger charge is 2.20. The lowest BCUT2D eigenvalue weighted by molar-refractivity contribution is -0.125. The highest BCUT2D eigenvalue weighted by Crippen LogP contribution is 2.16. The predicted molar refractivity (Wildman–Crippen MR) is 33.4 cm³/mol. The van der Waals surface area contributed by atoms with Crippen LogP contribution in [0.2, 0.25) is 0 Å². The third-order valence-corrected chi connectivity index (χ3v) is 1.45. The SMILES string of the molecule is C=CC1CC(=O)N([O-])C1. The van der Waals surface area contributed by atoms with Crippen LogP contribution in [-0.2, 0) is 4.79 Å². The van der Waals surface area contributed by atoms with Gasteiger partial charge in [0.1, 0.15) is 0 Å². The van der Waals surface area contributed by atoms with Crippen LogP contribution in [0.25, 0.3) is 0 Å². The monoisotopic (exact) mass is 126 g/mol. The maximum Gasteiger partial charge on any atom is 0.212 e. The van der Waals surface area contributed by atoms with Gasteiger partial charge in [0.05, 0.1) is 0 Å². The summed E-state index contributed by atoms with van der Waals surface area (Å²) >= 11 is 0. The molecule has 0 radical (unpaired) electrons. The Hall–Kier alpha value is -0.830. The van der Waals surface area contributed by atoms with Crippen LogP contribution in [0.3, 0.4) is 0 Å². The van der Waals surface area contributed by atoms with E-state index >= 15 is 0 Å². The molecule has 0 aromatic heterocycles. The molecule has 0 bridgehead atoms. The zero-order valence-corrected chi connectivity index (χ0v) is 5.04. The first-order valence-corrected chi connectivity index (χ1v) is 2.84. The summed E-state index contributed by atoms with van der Waals surface area (Å²) in [5.41, 5.74) is 0. The quantitative estimate of drug-likeness (QED) is 0.481. The van der Waals surface area contributed by atoms with Gasteiger partial charge in [-0.15, -0.1) is 6.58 Å². The van der Waals surface area contributed by atoms with Crippen LogP contribution >= 0.6 is 0 Å². The van der Waals surface area contributed by atoms with E-state index in [9.17, 15) is 10.0 Å². The highest BCUT2D eigenvalue weighted by atomic mass is 16.5. The van der Waals surface area contributed by atoms with E-state index in [0.717, 1.165) is 0 Å². The van der Waals surface area contributed by atoms with Crippen molar-refractivity contribution in [3.8, 4) is 0 Å². The summed E-state index contributed by atoms with van der Waals surface area (Å²) in [6, 6.07) is 0. The Morgan fingerprint density at radius 3 is 2.78 bits per heavy atom. The van der Waals surface area contributed by atoms with E-state index in [1.54, 1.807) is 6.08 Å². The molecule has 1 unspecified atom stereocenters. The summed E-state index contributed by atoms with van der Waals surface area (Å²) < 4.78 is 0. The minimum atomic E-state index is -0.320. The fraction of sp³-hybridized carbons (Fsp3) is 0.500. The Kier molecular flexibility index (Phi) is 1.53. The van der Waals surface area contributed by atoms with Crippen LogP contribution in [0.5, 0.6) is 0 Å². The van der Waals surface area contributed by atoms with Crippen molar-refractivity contribution < 1.29 is 4.79 Å². The molecule has 9 heavy (non-hydrogen) atoms. The molecule has 1 atom stereocenters. The number of hydroxylamine groups is 2. The minimum Gasteiger partial charge on any atom is -0.756 e. The van der Waals surface area contributed by atoms with Gasteiger partial charge in [-0.3, -0.25) is 4.79 Å². The van der Waals surface area contributed by atoms with Crippen LogP contribution in [0.15, 0.2) is 12.7 Å². The normalized spacial score (nSPS) is 27.0. The first-order chi connectivity index (χ1) is 4.24. The van der Waals surface area contributed by atoms with Crippen molar-refractivity contribution in [2.75, 3.05) is 6.54 Å². The Morgan fingerprint density at radius 2 is 2.56 bits per heavy atom. The van der Waals surface area contributed by atoms with Gasteiger partial charge in [0.25, 0.3) is 0 Å². The Bertz CT molecular complexity index is 144. The molecule has 0 aromatic carbocycles. The van der Waals surface area contributed by atoms with Crippen molar-refractivity contribution in [2.45, 2.75) is 6.42 Å². The van der Waals surface area contributed by atoms with E-state index in [2.05, 4.69) is 6.58 Å². The fourth-order valence-corrected chi connectivity index (χ4v) is 0.863. The number of amides is 1. The van der Waals surface area contributed by atoms with E-state index in [-0.39, 0.29) is 11.8 Å². The van der Waals surface area contributed by atoms with Gasteiger partial charge in [-0.1, -0.05) is 6.08 Å². The molecule has 0 aliphatic carbocycles. The largest absolute Gasteiger partial charge is 0.756 e. The van der Waals surface area contributed by atoms with Gasteiger partial charge >= 0.3 is 0 Å². The Labute approximate surface area is 53.5 Å². The second-order valence-corrected chi connectivity index (χ2v) is 2.15. The predicted octanol–water partition coefficient (Wildman–Crippen LogP) is 0.519. The molecule has 1 rings (SSSR count). The second-order valence-electron chi connectivity index (χ2n) is 2.15. The van der Waals surface area contributed by atoms with Crippen LogP contribution < -0.4 is 0 Å². The lowest BCUT2D eigenvalue weighted by Gasteiger charge is -2.20. The molecular weight excluding hydrogens is 118 g/mol. The molecule has 50 valence electrons. The van der Waals surface area contributed by atoms with Crippen LogP contribution in [0.4, 0.5) is 0 Å². The average Bonchev–Trinajstić information content (AvgIpc) is 2.13. The minimum absolute atomic E-state index is 0.0787. The molecular formula is C6H8NO2-. The molecule has 1 heterocycles. The van der Waals surface area contributed by atoms with Crippen molar-refractivity contribution in [1.82, 2.24) is 5.06 Å². The van der Waals surface area contributed by atoms with Gasteiger partial charge in [0.15, 0.2) is 0 Å². The molecule has 0 saturated carbocycles. The topological polar surface area (TPSA) is 43.4 Å². The van der Waals surface area contributed by atoms with Crippen LogP contribution in [0, 0.1) is 11.1 Å². The maximum atomic E-state index is 10.5. The van der Waals surface area contributed by atoms with Crippen LogP contribution in [0.1, 0.15) is 6.42 Å². The average molecular weight is 126 g/mol. The molecule has 1 fully saturated rings. The number of nitrogens with zero attached hydrogens (tertiary/aromatic N) is 1. The summed E-state index contributed by atoms with van der Waals surface area (Å²) in [6.45, 7) is 3.79. The van der Waals surface area contributed by atoms with Crippen molar-refractivity contribution in [3.63, 3.8) is 0 Å². The number of carbonyl (C=O) groups is 1. The van der Waals surface area contributed by atoms with E-state index in [4.69, 9.17) is 0 Å². The van der Waals surface area contributed by atoms with E-state index in [1.807, 2.05) is 0 Å². The third-order valence-electron chi connectivity index (χ3n) is 1.45. The maximum absolute atomic E-state index is 10.5. The lowest BCUT2D eigenvalue weighted by Crippen LogP contribution is -2.16. The zero-order valence-electron chi connectivity index (χ0n) is 5.04. The number of rotatable bonds is 1. The van der Waals surface area contributed by atoms with Gasteiger partial charge in [-0.05, 0) is 0 Å². The first-order valence-electron chi connectivity index (χ1n) is 2.84. The number of hydrogen-bond donors (Lipinski definition) is 0. The van der Waals surface area contributed by atoms with Crippen molar-refractivity contribution in [3.05, 3.63) is 17.9 Å². The summed E-state index contributed by atoms with van der Waals surface area (Å²) in [5, 5.41) is 11.0. The molecule has 3 heteroatoms. The van der Waals surface area contributed by atoms with Gasteiger partial charge in [0, 0.05) is 18.9 Å². The molecule has 0 N–H and O–H groups in total. The molecule has 1 saturated heterocycles. The summed E-state index contributed by atoms with van der Waals surface area (Å²) in [4.78, 5) is 10.5. The smallest absolute Gasteiger partial charge is 0.212 e. The first kappa shape index (κ1) is 6.29. The number of carbonyl (C=O) groups excluding carboxylic acids is 1. The summed E-state index contributed by atoms with van der Waals surface area (Å²) in [7, 11) is 0. The molecule has 1 amide bonds. The van der Waals surface area contributed by atoms with Crippen LogP contribution in [-0.4, -0.2) is 17.5 Å². The van der Waals surface area contributed by atoms with Gasteiger partial charge in [-0.25, -0.2) is 0 Å². The Balaban J connectivity index is 2.53. The number of hydrogen-bond acceptors (Lipinski definition) is 2. The molecule has 0 aromatic rings. The molecule has 1 aliphatic rings. The van der Waals surface area contributed by atoms with Crippen molar-refractivity contribution in [1.29, 1.82) is 0 Å². The summed E-state index contributed by atoms with van der Waals surface area (Å²) in [5.74, 6) is -0.241. The second kappa shape index (κ2) is 2.19. The van der Waals surface area contributed by atoms with Gasteiger partial charge in [0.2, 0.25) is 5.91 Å². The molecule has 3 nitrogen and oxygen atoms in total. The highest BCUT2D eigenvalue weighted by molar-refractivity contribution is 5.79.